The van der Waals surface area contributed by atoms with E-state index in [0.717, 1.165) is 24.1 Å². The highest BCUT2D eigenvalue weighted by molar-refractivity contribution is 7.28. The molecular weight excluding hydrogens is 607 g/mol. The van der Waals surface area contributed by atoms with Crippen LogP contribution < -0.4 is 0 Å². The van der Waals surface area contributed by atoms with E-state index in [2.05, 4.69) is 56.5 Å². The average Bonchev–Trinajstić information content (AvgIpc) is 3.81. The van der Waals surface area contributed by atoms with Crippen molar-refractivity contribution in [3.63, 3.8) is 0 Å². The Morgan fingerprint density at radius 2 is 1.58 bits per heavy atom. The molecular formula is C36H41NO2S4. The molecule has 5 rings (SSSR count). The second-order valence-corrected chi connectivity index (χ2v) is 15.6. The third kappa shape index (κ3) is 7.09. The predicted molar refractivity (Wildman–Crippen MR) is 188 cm³/mol. The van der Waals surface area contributed by atoms with E-state index in [1.807, 2.05) is 40.1 Å². The SMILES string of the molecule is CCCCCCCC(CCC)c1ccsc1-c1ccc(-c2sc(-c3cc4c(s3)C(=C(C#N)C(=O)O)CC4)cc2CCC)s1. The molecule has 43 heavy (non-hydrogen) atoms. The Morgan fingerprint density at radius 1 is 0.837 bits per heavy atom. The lowest BCUT2D eigenvalue weighted by atomic mass is 9.89. The lowest BCUT2D eigenvalue weighted by Crippen LogP contribution is -2.00. The zero-order valence-corrected chi connectivity index (χ0v) is 28.7. The van der Waals surface area contributed by atoms with Crippen LogP contribution in [0.15, 0.2) is 41.3 Å². The highest BCUT2D eigenvalue weighted by Gasteiger charge is 2.27. The highest BCUT2D eigenvalue weighted by Crippen LogP contribution is 2.49. The quantitative estimate of drug-likeness (QED) is 0.0793. The first kappa shape index (κ1) is 31.9. The van der Waals surface area contributed by atoms with Gasteiger partial charge in [0.05, 0.1) is 0 Å². The number of fused-ring (bicyclic) bond motifs is 1. The summed E-state index contributed by atoms with van der Waals surface area (Å²) in [5.41, 5.74) is 4.70. The summed E-state index contributed by atoms with van der Waals surface area (Å²) in [7, 11) is 0. The number of hydrogen-bond acceptors (Lipinski definition) is 6. The molecule has 1 unspecified atom stereocenters. The van der Waals surface area contributed by atoms with Gasteiger partial charge in [0.2, 0.25) is 0 Å². The number of nitriles is 1. The number of rotatable bonds is 15. The van der Waals surface area contributed by atoms with Crippen LogP contribution in [0.25, 0.3) is 34.8 Å². The van der Waals surface area contributed by atoms with Crippen LogP contribution in [0.4, 0.5) is 0 Å². The Morgan fingerprint density at radius 3 is 2.30 bits per heavy atom. The molecule has 0 aliphatic heterocycles. The van der Waals surface area contributed by atoms with Gasteiger partial charge in [-0.1, -0.05) is 65.7 Å². The van der Waals surface area contributed by atoms with Crippen LogP contribution in [0.2, 0.25) is 0 Å². The zero-order chi connectivity index (χ0) is 30.3. The minimum Gasteiger partial charge on any atom is -0.477 e. The second-order valence-electron chi connectivity index (χ2n) is 11.5. The highest BCUT2D eigenvalue weighted by atomic mass is 32.1. The molecule has 0 radical (unpaired) electrons. The fourth-order valence-electron chi connectivity index (χ4n) is 6.28. The maximum Gasteiger partial charge on any atom is 0.346 e. The molecule has 0 amide bonds. The summed E-state index contributed by atoms with van der Waals surface area (Å²) in [5.74, 6) is -0.482. The van der Waals surface area contributed by atoms with Crippen molar-refractivity contribution in [1.29, 1.82) is 5.26 Å². The molecule has 0 saturated carbocycles. The number of thiophene rings is 4. The van der Waals surface area contributed by atoms with Gasteiger partial charge in [-0.05, 0) is 96.0 Å². The molecule has 0 fully saturated rings. The van der Waals surface area contributed by atoms with Gasteiger partial charge in [0, 0.05) is 34.1 Å². The van der Waals surface area contributed by atoms with Crippen molar-refractivity contribution in [3.8, 4) is 35.3 Å². The summed E-state index contributed by atoms with van der Waals surface area (Å²) in [5, 5.41) is 21.3. The van der Waals surface area contributed by atoms with E-state index in [-0.39, 0.29) is 5.57 Å². The van der Waals surface area contributed by atoms with E-state index in [4.69, 9.17) is 0 Å². The minimum absolute atomic E-state index is 0.109. The van der Waals surface area contributed by atoms with Crippen LogP contribution in [0.5, 0.6) is 0 Å². The van der Waals surface area contributed by atoms with Crippen LogP contribution in [0.1, 0.15) is 112 Å². The van der Waals surface area contributed by atoms with Crippen molar-refractivity contribution in [2.45, 2.75) is 104 Å². The number of carboxylic acids is 1. The maximum atomic E-state index is 11.7. The summed E-state index contributed by atoms with van der Waals surface area (Å²) in [6.07, 6.45) is 14.0. The monoisotopic (exact) mass is 647 g/mol. The fourth-order valence-corrected chi connectivity index (χ4v) is 11.1. The van der Waals surface area contributed by atoms with Crippen molar-refractivity contribution in [1.82, 2.24) is 0 Å². The second kappa shape index (κ2) is 15.0. The number of unbranched alkanes of at least 4 members (excludes halogenated alkanes) is 4. The van der Waals surface area contributed by atoms with Crippen molar-refractivity contribution in [3.05, 3.63) is 62.9 Å². The molecule has 0 spiro atoms. The Hall–Kier alpha value is -2.50. The summed E-state index contributed by atoms with van der Waals surface area (Å²) in [6, 6.07) is 13.5. The Bertz CT molecular complexity index is 1620. The van der Waals surface area contributed by atoms with Gasteiger partial charge in [0.15, 0.2) is 0 Å². The first-order valence-corrected chi connectivity index (χ1v) is 19.1. The Kier molecular flexibility index (Phi) is 11.1. The van der Waals surface area contributed by atoms with E-state index in [9.17, 15) is 15.2 Å². The molecule has 226 valence electrons. The van der Waals surface area contributed by atoms with Gasteiger partial charge >= 0.3 is 5.97 Å². The van der Waals surface area contributed by atoms with Crippen molar-refractivity contribution in [2.24, 2.45) is 0 Å². The molecule has 0 saturated heterocycles. The van der Waals surface area contributed by atoms with Crippen LogP contribution in [0.3, 0.4) is 0 Å². The summed E-state index contributed by atoms with van der Waals surface area (Å²) < 4.78 is 0. The maximum absolute atomic E-state index is 11.7. The average molecular weight is 648 g/mol. The van der Waals surface area contributed by atoms with E-state index in [0.29, 0.717) is 17.9 Å². The van der Waals surface area contributed by atoms with E-state index in [1.165, 1.54) is 91.8 Å². The lowest BCUT2D eigenvalue weighted by Gasteiger charge is -2.17. The van der Waals surface area contributed by atoms with Crippen molar-refractivity contribution >= 4 is 56.9 Å². The molecule has 7 heteroatoms. The smallest absolute Gasteiger partial charge is 0.346 e. The molecule has 0 bridgehead atoms. The number of hydrogen-bond donors (Lipinski definition) is 1. The van der Waals surface area contributed by atoms with E-state index in [1.54, 1.807) is 16.9 Å². The topological polar surface area (TPSA) is 61.1 Å². The van der Waals surface area contributed by atoms with Crippen LogP contribution in [-0.2, 0) is 17.6 Å². The van der Waals surface area contributed by atoms with E-state index < -0.39 is 5.97 Å². The summed E-state index contributed by atoms with van der Waals surface area (Å²) in [6.45, 7) is 6.84. The van der Waals surface area contributed by atoms with Gasteiger partial charge in [-0.2, -0.15) is 5.26 Å². The van der Waals surface area contributed by atoms with Gasteiger partial charge in [0.25, 0.3) is 0 Å². The van der Waals surface area contributed by atoms with Gasteiger partial charge < -0.3 is 5.11 Å². The number of allylic oxidation sites excluding steroid dienone is 1. The largest absolute Gasteiger partial charge is 0.477 e. The number of nitrogens with zero attached hydrogens (tertiary/aromatic N) is 1. The van der Waals surface area contributed by atoms with Gasteiger partial charge in [0.1, 0.15) is 11.6 Å². The molecule has 1 atom stereocenters. The minimum atomic E-state index is -1.13. The normalized spacial score (nSPS) is 14.6. The molecule has 1 aliphatic carbocycles. The van der Waals surface area contributed by atoms with Crippen molar-refractivity contribution in [2.75, 3.05) is 0 Å². The zero-order valence-electron chi connectivity index (χ0n) is 25.5. The third-order valence-electron chi connectivity index (χ3n) is 8.41. The first-order valence-electron chi connectivity index (χ1n) is 15.8. The van der Waals surface area contributed by atoms with Gasteiger partial charge in [-0.25, -0.2) is 4.79 Å². The molecule has 4 aromatic heterocycles. The van der Waals surface area contributed by atoms with E-state index >= 15 is 0 Å². The standard InChI is InChI=1S/C36H41NO2S4/c1-4-7-8-9-10-13-23(11-5-2)26-18-19-40-35(26)30-17-16-29(41-30)34-24(12-6-3)20-32(43-34)31-21-25-14-15-27(33(25)42-31)28(22-37)36(38)39/h16-21,23H,4-15H2,1-3H3,(H,38,39). The lowest BCUT2D eigenvalue weighted by molar-refractivity contribution is -0.132. The van der Waals surface area contributed by atoms with Crippen LogP contribution in [0, 0.1) is 11.3 Å². The third-order valence-corrected chi connectivity index (χ3v) is 13.4. The Labute approximate surface area is 272 Å². The predicted octanol–water partition coefficient (Wildman–Crippen LogP) is 12.4. The van der Waals surface area contributed by atoms with Crippen LogP contribution >= 0.6 is 45.3 Å². The number of carbonyl (C=O) groups is 1. The van der Waals surface area contributed by atoms with Crippen LogP contribution in [-0.4, -0.2) is 11.1 Å². The number of carboxylic acid groups (broad SMARTS) is 1. The molecule has 0 aromatic carbocycles. The summed E-state index contributed by atoms with van der Waals surface area (Å²) in [4.78, 5) is 20.6. The molecule has 1 aliphatic rings. The molecule has 3 nitrogen and oxygen atoms in total. The van der Waals surface area contributed by atoms with Gasteiger partial charge in [-0.3, -0.25) is 0 Å². The van der Waals surface area contributed by atoms with Crippen molar-refractivity contribution < 1.29 is 9.90 Å². The molecule has 4 aromatic rings. The summed E-state index contributed by atoms with van der Waals surface area (Å²) >= 11 is 7.33. The first-order chi connectivity index (χ1) is 21.0. The molecule has 1 N–H and O–H groups in total. The number of aryl methyl sites for hydroxylation is 2. The fraction of sp³-hybridized carbons (Fsp3) is 0.444. The van der Waals surface area contributed by atoms with Gasteiger partial charge in [-0.15, -0.1) is 45.3 Å². The Balaban J connectivity index is 1.42. The molecule has 4 heterocycles. The number of aliphatic carboxylic acids is 1.